The number of ether oxygens (including phenoxy) is 1. The third-order valence-electron chi connectivity index (χ3n) is 5.22. The molecule has 2 fully saturated rings. The number of nitrogens with one attached hydrogen (secondary N) is 1. The monoisotopic (exact) mass is 278 g/mol. The summed E-state index contributed by atoms with van der Waals surface area (Å²) in [5, 5.41) is 12.3. The van der Waals surface area contributed by atoms with E-state index in [1.54, 1.807) is 0 Å². The average Bonchev–Trinajstić information content (AvgIpc) is 2.52. The van der Waals surface area contributed by atoms with Gasteiger partial charge < -0.3 is 10.1 Å². The van der Waals surface area contributed by atoms with Gasteiger partial charge in [-0.3, -0.25) is 0 Å². The van der Waals surface area contributed by atoms with Gasteiger partial charge in [-0.25, -0.2) is 0 Å². The minimum Gasteiger partial charge on any atom is -0.377 e. The van der Waals surface area contributed by atoms with Crippen molar-refractivity contribution in [3.05, 3.63) is 0 Å². The molecule has 2 rings (SSSR count). The van der Waals surface area contributed by atoms with Gasteiger partial charge in [0.05, 0.1) is 18.8 Å². The molecule has 2 aliphatic rings. The van der Waals surface area contributed by atoms with E-state index in [2.05, 4.69) is 18.3 Å². The summed E-state index contributed by atoms with van der Waals surface area (Å²) in [6.07, 6.45) is 10.5. The van der Waals surface area contributed by atoms with Crippen LogP contribution in [0.25, 0.3) is 0 Å². The van der Waals surface area contributed by atoms with Gasteiger partial charge in [-0.1, -0.05) is 6.92 Å². The first kappa shape index (κ1) is 15.8. The highest BCUT2D eigenvalue weighted by atomic mass is 16.5. The molecule has 0 atom stereocenters. The first-order valence-electron chi connectivity index (χ1n) is 8.55. The zero-order valence-electron chi connectivity index (χ0n) is 12.9. The van der Waals surface area contributed by atoms with Crippen LogP contribution in [0.4, 0.5) is 0 Å². The van der Waals surface area contributed by atoms with E-state index in [1.165, 1.54) is 38.5 Å². The summed E-state index contributed by atoms with van der Waals surface area (Å²) >= 11 is 0. The maximum absolute atomic E-state index is 8.97. The molecule has 0 heterocycles. The van der Waals surface area contributed by atoms with Crippen LogP contribution in [-0.4, -0.2) is 25.8 Å². The van der Waals surface area contributed by atoms with E-state index in [4.69, 9.17) is 10.00 Å². The lowest BCUT2D eigenvalue weighted by atomic mass is 9.71. The molecule has 2 aliphatic carbocycles. The number of hydrogen-bond donors (Lipinski definition) is 1. The number of rotatable bonds is 6. The molecule has 1 N–H and O–H groups in total. The van der Waals surface area contributed by atoms with Crippen LogP contribution in [0.2, 0.25) is 0 Å². The van der Waals surface area contributed by atoms with Gasteiger partial charge in [0.2, 0.25) is 0 Å². The molecule has 0 radical (unpaired) electrons. The Balaban J connectivity index is 1.61. The molecule has 0 saturated heterocycles. The maximum Gasteiger partial charge on any atom is 0.0655 e. The van der Waals surface area contributed by atoms with Crippen LogP contribution in [0.5, 0.6) is 0 Å². The topological polar surface area (TPSA) is 45.0 Å². The van der Waals surface area contributed by atoms with Crippen molar-refractivity contribution >= 4 is 0 Å². The van der Waals surface area contributed by atoms with Crippen molar-refractivity contribution in [1.29, 1.82) is 5.26 Å². The molecule has 114 valence electrons. The van der Waals surface area contributed by atoms with Gasteiger partial charge in [0.1, 0.15) is 0 Å². The van der Waals surface area contributed by atoms with Crippen molar-refractivity contribution in [2.75, 3.05) is 19.7 Å². The van der Waals surface area contributed by atoms with E-state index in [0.717, 1.165) is 44.4 Å². The van der Waals surface area contributed by atoms with Gasteiger partial charge in [0.15, 0.2) is 0 Å². The lowest BCUT2D eigenvalue weighted by Crippen LogP contribution is -2.30. The van der Waals surface area contributed by atoms with Crippen LogP contribution >= 0.6 is 0 Å². The summed E-state index contributed by atoms with van der Waals surface area (Å²) in [6.45, 7) is 5.00. The fourth-order valence-electron chi connectivity index (χ4n) is 3.92. The van der Waals surface area contributed by atoms with Crippen molar-refractivity contribution < 1.29 is 4.74 Å². The molecule has 0 bridgehead atoms. The molecule has 20 heavy (non-hydrogen) atoms. The number of likely N-dealkylation sites (N-methyl/N-ethyl adjacent to an activating group) is 1. The number of nitrogens with zero attached hydrogens (tertiary/aromatic N) is 1. The SMILES string of the molecule is CCNCCOC1CCC(C2CCC(C#N)CC2)CC1. The van der Waals surface area contributed by atoms with Crippen LogP contribution < -0.4 is 5.32 Å². The highest BCUT2D eigenvalue weighted by Crippen LogP contribution is 2.40. The Morgan fingerprint density at radius 3 is 2.15 bits per heavy atom. The third kappa shape index (κ3) is 4.75. The van der Waals surface area contributed by atoms with Crippen molar-refractivity contribution in [2.24, 2.45) is 17.8 Å². The molecular formula is C17H30N2O. The summed E-state index contributed by atoms with van der Waals surface area (Å²) in [5.74, 6) is 2.14. The highest BCUT2D eigenvalue weighted by Gasteiger charge is 2.30. The Labute approximate surface area is 124 Å². The maximum atomic E-state index is 8.97. The van der Waals surface area contributed by atoms with Crippen molar-refractivity contribution in [3.63, 3.8) is 0 Å². The Kier molecular flexibility index (Phi) is 6.82. The van der Waals surface area contributed by atoms with Crippen LogP contribution in [-0.2, 0) is 4.74 Å². The standard InChI is InChI=1S/C17H30N2O/c1-2-19-11-12-20-17-9-7-16(8-10-17)15-5-3-14(13-18)4-6-15/h14-17,19H,2-12H2,1H3. The first-order chi connectivity index (χ1) is 9.83. The molecule has 2 saturated carbocycles. The molecule has 0 aromatic heterocycles. The predicted octanol–water partition coefficient (Wildman–Crippen LogP) is 3.50. The molecule has 0 aromatic carbocycles. The Morgan fingerprint density at radius 2 is 1.60 bits per heavy atom. The van der Waals surface area contributed by atoms with Crippen LogP contribution in [0.1, 0.15) is 58.3 Å². The van der Waals surface area contributed by atoms with Gasteiger partial charge in [-0.05, 0) is 69.7 Å². The number of nitriles is 1. The minimum atomic E-state index is 0.344. The predicted molar refractivity (Wildman–Crippen MR) is 81.3 cm³/mol. The molecule has 3 nitrogen and oxygen atoms in total. The van der Waals surface area contributed by atoms with E-state index in [9.17, 15) is 0 Å². The summed E-state index contributed by atoms with van der Waals surface area (Å²) in [5.41, 5.74) is 0. The fraction of sp³-hybridized carbons (Fsp3) is 0.941. The van der Waals surface area contributed by atoms with Gasteiger partial charge in [-0.2, -0.15) is 5.26 Å². The van der Waals surface area contributed by atoms with E-state index in [0.29, 0.717) is 12.0 Å². The third-order valence-corrected chi connectivity index (χ3v) is 5.22. The second kappa shape index (κ2) is 8.64. The zero-order valence-corrected chi connectivity index (χ0v) is 12.9. The Morgan fingerprint density at radius 1 is 1.00 bits per heavy atom. The van der Waals surface area contributed by atoms with Gasteiger partial charge in [0, 0.05) is 12.5 Å². The van der Waals surface area contributed by atoms with Crippen LogP contribution in [0.15, 0.2) is 0 Å². The second-order valence-corrected chi connectivity index (χ2v) is 6.50. The molecule has 0 unspecified atom stereocenters. The highest BCUT2D eigenvalue weighted by molar-refractivity contribution is 4.89. The molecule has 3 heteroatoms. The largest absolute Gasteiger partial charge is 0.377 e. The summed E-state index contributed by atoms with van der Waals surface area (Å²) in [4.78, 5) is 0. The lowest BCUT2D eigenvalue weighted by molar-refractivity contribution is 0.00943. The van der Waals surface area contributed by atoms with Crippen molar-refractivity contribution in [2.45, 2.75) is 64.4 Å². The van der Waals surface area contributed by atoms with E-state index >= 15 is 0 Å². The normalized spacial score (nSPS) is 34.6. The Bertz CT molecular complexity index is 297. The van der Waals surface area contributed by atoms with Crippen LogP contribution in [0, 0.1) is 29.1 Å². The zero-order chi connectivity index (χ0) is 14.2. The smallest absolute Gasteiger partial charge is 0.0655 e. The molecule has 0 aromatic rings. The van der Waals surface area contributed by atoms with Crippen LogP contribution in [0.3, 0.4) is 0 Å². The van der Waals surface area contributed by atoms with Gasteiger partial charge in [0.25, 0.3) is 0 Å². The van der Waals surface area contributed by atoms with Crippen molar-refractivity contribution in [3.8, 4) is 6.07 Å². The average molecular weight is 278 g/mol. The molecule has 0 amide bonds. The summed E-state index contributed by atoms with van der Waals surface area (Å²) in [7, 11) is 0. The molecular weight excluding hydrogens is 248 g/mol. The fourth-order valence-corrected chi connectivity index (χ4v) is 3.92. The first-order valence-corrected chi connectivity index (χ1v) is 8.55. The molecule has 0 spiro atoms. The van der Waals surface area contributed by atoms with E-state index in [1.807, 2.05) is 0 Å². The lowest BCUT2D eigenvalue weighted by Gasteiger charge is -2.36. The summed E-state index contributed by atoms with van der Waals surface area (Å²) in [6, 6.07) is 2.44. The summed E-state index contributed by atoms with van der Waals surface area (Å²) < 4.78 is 5.95. The Hall–Kier alpha value is -0.590. The van der Waals surface area contributed by atoms with Gasteiger partial charge in [-0.15, -0.1) is 0 Å². The van der Waals surface area contributed by atoms with E-state index < -0.39 is 0 Å². The van der Waals surface area contributed by atoms with Gasteiger partial charge >= 0.3 is 0 Å². The minimum absolute atomic E-state index is 0.344. The number of hydrogen-bond acceptors (Lipinski definition) is 3. The molecule has 0 aliphatic heterocycles. The van der Waals surface area contributed by atoms with Crippen molar-refractivity contribution in [1.82, 2.24) is 5.32 Å². The van der Waals surface area contributed by atoms with E-state index in [-0.39, 0.29) is 0 Å². The quantitative estimate of drug-likeness (QED) is 0.756. The second-order valence-electron chi connectivity index (χ2n) is 6.50.